The molecule has 22 heavy (non-hydrogen) atoms. The molecule has 0 saturated carbocycles. The molecule has 2 aromatic heterocycles. The van der Waals surface area contributed by atoms with Crippen LogP contribution in [0.2, 0.25) is 0 Å². The highest BCUT2D eigenvalue weighted by Gasteiger charge is 2.16. The molecule has 112 valence electrons. The number of fused-ring (bicyclic) bond motifs is 1. The average Bonchev–Trinajstić information content (AvgIpc) is 2.48. The zero-order valence-corrected chi connectivity index (χ0v) is 13.5. The number of rotatable bonds is 2. The summed E-state index contributed by atoms with van der Waals surface area (Å²) in [5.41, 5.74) is 3.23. The molecule has 0 atom stereocenters. The molecule has 0 amide bonds. The van der Waals surface area contributed by atoms with Crippen LogP contribution in [0.15, 0.2) is 48.8 Å². The molecule has 3 rings (SSSR count). The summed E-state index contributed by atoms with van der Waals surface area (Å²) in [5, 5.41) is 5.85. The van der Waals surface area contributed by atoms with Gasteiger partial charge in [-0.15, -0.1) is 0 Å². The molecule has 0 aliphatic heterocycles. The van der Waals surface area contributed by atoms with Crippen LogP contribution < -0.4 is 5.32 Å². The second kappa shape index (κ2) is 5.41. The third kappa shape index (κ3) is 2.80. The standard InChI is InChI=1S/C19H21N3/c1-13-8-7-9-14-17(13)15(16-10-5-6-11-20-16)12-21-18(14)22-19(2,3)4/h5-12H,1-4H3,(H,21,22). The van der Waals surface area contributed by atoms with Crippen molar-refractivity contribution in [2.45, 2.75) is 33.2 Å². The first kappa shape index (κ1) is 14.5. The van der Waals surface area contributed by atoms with Gasteiger partial charge in [0.1, 0.15) is 5.82 Å². The predicted molar refractivity (Wildman–Crippen MR) is 93.1 cm³/mol. The van der Waals surface area contributed by atoms with E-state index in [1.165, 1.54) is 10.9 Å². The number of hydrogen-bond acceptors (Lipinski definition) is 3. The number of anilines is 1. The van der Waals surface area contributed by atoms with Gasteiger partial charge in [0.25, 0.3) is 0 Å². The van der Waals surface area contributed by atoms with Gasteiger partial charge < -0.3 is 5.32 Å². The third-order valence-corrected chi connectivity index (χ3v) is 3.55. The fourth-order valence-corrected chi connectivity index (χ4v) is 2.66. The third-order valence-electron chi connectivity index (χ3n) is 3.55. The van der Waals surface area contributed by atoms with Crippen LogP contribution in [0, 0.1) is 6.92 Å². The van der Waals surface area contributed by atoms with E-state index >= 15 is 0 Å². The summed E-state index contributed by atoms with van der Waals surface area (Å²) in [4.78, 5) is 9.14. The van der Waals surface area contributed by atoms with Crippen molar-refractivity contribution in [3.63, 3.8) is 0 Å². The predicted octanol–water partition coefficient (Wildman–Crippen LogP) is 4.82. The Morgan fingerprint density at radius 1 is 0.955 bits per heavy atom. The van der Waals surface area contributed by atoms with E-state index in [0.29, 0.717) is 0 Å². The lowest BCUT2D eigenvalue weighted by molar-refractivity contribution is 0.631. The number of nitrogens with one attached hydrogen (secondary N) is 1. The number of aryl methyl sites for hydroxylation is 1. The molecule has 0 aliphatic carbocycles. The van der Waals surface area contributed by atoms with Crippen molar-refractivity contribution in [1.82, 2.24) is 9.97 Å². The van der Waals surface area contributed by atoms with Gasteiger partial charge in [-0.2, -0.15) is 0 Å². The lowest BCUT2D eigenvalue weighted by Crippen LogP contribution is -2.26. The highest BCUT2D eigenvalue weighted by atomic mass is 15.0. The van der Waals surface area contributed by atoms with E-state index in [1.807, 2.05) is 30.6 Å². The average molecular weight is 291 g/mol. The monoisotopic (exact) mass is 291 g/mol. The smallest absolute Gasteiger partial charge is 0.134 e. The summed E-state index contributed by atoms with van der Waals surface area (Å²) < 4.78 is 0. The summed E-state index contributed by atoms with van der Waals surface area (Å²) in [7, 11) is 0. The van der Waals surface area contributed by atoms with Crippen LogP contribution in [0.3, 0.4) is 0 Å². The van der Waals surface area contributed by atoms with Crippen LogP contribution in [0.25, 0.3) is 22.0 Å². The van der Waals surface area contributed by atoms with E-state index in [4.69, 9.17) is 0 Å². The van der Waals surface area contributed by atoms with Crippen LogP contribution in [-0.2, 0) is 0 Å². The Labute approximate surface area is 131 Å². The lowest BCUT2D eigenvalue weighted by Gasteiger charge is -2.23. The van der Waals surface area contributed by atoms with E-state index in [2.05, 4.69) is 61.2 Å². The molecule has 3 heteroatoms. The van der Waals surface area contributed by atoms with Gasteiger partial charge in [-0.25, -0.2) is 4.98 Å². The SMILES string of the molecule is Cc1cccc2c(NC(C)(C)C)ncc(-c3ccccn3)c12. The van der Waals surface area contributed by atoms with Crippen LogP contribution in [0.5, 0.6) is 0 Å². The van der Waals surface area contributed by atoms with Gasteiger partial charge in [0.15, 0.2) is 0 Å². The van der Waals surface area contributed by atoms with Gasteiger partial charge in [0, 0.05) is 28.9 Å². The summed E-state index contributed by atoms with van der Waals surface area (Å²) >= 11 is 0. The van der Waals surface area contributed by atoms with E-state index in [-0.39, 0.29) is 5.54 Å². The number of nitrogens with zero attached hydrogens (tertiary/aromatic N) is 2. The molecule has 0 saturated heterocycles. The zero-order chi connectivity index (χ0) is 15.7. The van der Waals surface area contributed by atoms with Crippen molar-refractivity contribution in [2.75, 3.05) is 5.32 Å². The van der Waals surface area contributed by atoms with Gasteiger partial charge in [0.2, 0.25) is 0 Å². The van der Waals surface area contributed by atoms with E-state index in [0.717, 1.165) is 22.5 Å². The molecule has 1 aromatic carbocycles. The molecule has 0 fully saturated rings. The number of aromatic nitrogens is 2. The van der Waals surface area contributed by atoms with Gasteiger partial charge in [-0.3, -0.25) is 4.98 Å². The van der Waals surface area contributed by atoms with Crippen molar-refractivity contribution in [2.24, 2.45) is 0 Å². The summed E-state index contributed by atoms with van der Waals surface area (Å²) in [6.45, 7) is 8.56. The van der Waals surface area contributed by atoms with Crippen LogP contribution in [0.4, 0.5) is 5.82 Å². The Morgan fingerprint density at radius 3 is 2.45 bits per heavy atom. The Hall–Kier alpha value is -2.42. The second-order valence-corrected chi connectivity index (χ2v) is 6.61. The molecule has 0 unspecified atom stereocenters. The fraction of sp³-hybridized carbons (Fsp3) is 0.263. The number of pyridine rings is 2. The highest BCUT2D eigenvalue weighted by molar-refractivity contribution is 6.03. The Kier molecular flexibility index (Phi) is 3.57. The maximum Gasteiger partial charge on any atom is 0.134 e. The van der Waals surface area contributed by atoms with Crippen LogP contribution in [-0.4, -0.2) is 15.5 Å². The first-order valence-corrected chi connectivity index (χ1v) is 7.53. The van der Waals surface area contributed by atoms with Crippen molar-refractivity contribution < 1.29 is 0 Å². The van der Waals surface area contributed by atoms with Gasteiger partial charge in [0.05, 0.1) is 5.69 Å². The van der Waals surface area contributed by atoms with E-state index < -0.39 is 0 Å². The molecule has 0 spiro atoms. The molecule has 0 bridgehead atoms. The second-order valence-electron chi connectivity index (χ2n) is 6.61. The Balaban J connectivity index is 2.27. The molecule has 3 nitrogen and oxygen atoms in total. The highest BCUT2D eigenvalue weighted by Crippen LogP contribution is 2.33. The fourth-order valence-electron chi connectivity index (χ4n) is 2.66. The number of hydrogen-bond donors (Lipinski definition) is 1. The molecule has 0 radical (unpaired) electrons. The van der Waals surface area contributed by atoms with Gasteiger partial charge in [-0.05, 0) is 50.8 Å². The molecular weight excluding hydrogens is 270 g/mol. The van der Waals surface area contributed by atoms with Gasteiger partial charge in [-0.1, -0.05) is 24.3 Å². The zero-order valence-electron chi connectivity index (χ0n) is 13.5. The molecule has 0 aliphatic rings. The molecule has 2 heterocycles. The maximum atomic E-state index is 4.66. The molecular formula is C19H21N3. The minimum atomic E-state index is -0.0316. The maximum absolute atomic E-state index is 4.66. The van der Waals surface area contributed by atoms with Crippen molar-refractivity contribution in [1.29, 1.82) is 0 Å². The van der Waals surface area contributed by atoms with Crippen molar-refractivity contribution in [3.8, 4) is 11.3 Å². The summed E-state index contributed by atoms with van der Waals surface area (Å²) in [5.74, 6) is 0.922. The minimum absolute atomic E-state index is 0.0316. The Morgan fingerprint density at radius 2 is 1.77 bits per heavy atom. The van der Waals surface area contributed by atoms with Crippen LogP contribution in [0.1, 0.15) is 26.3 Å². The molecule has 3 aromatic rings. The first-order valence-electron chi connectivity index (χ1n) is 7.53. The lowest BCUT2D eigenvalue weighted by atomic mass is 9.99. The van der Waals surface area contributed by atoms with Crippen molar-refractivity contribution in [3.05, 3.63) is 54.4 Å². The largest absolute Gasteiger partial charge is 0.365 e. The first-order chi connectivity index (χ1) is 10.5. The normalized spacial score (nSPS) is 11.6. The molecule has 1 N–H and O–H groups in total. The van der Waals surface area contributed by atoms with Crippen molar-refractivity contribution >= 4 is 16.6 Å². The minimum Gasteiger partial charge on any atom is -0.365 e. The topological polar surface area (TPSA) is 37.8 Å². The quantitative estimate of drug-likeness (QED) is 0.736. The Bertz CT molecular complexity index is 802. The van der Waals surface area contributed by atoms with E-state index in [1.54, 1.807) is 0 Å². The van der Waals surface area contributed by atoms with E-state index in [9.17, 15) is 0 Å². The summed E-state index contributed by atoms with van der Waals surface area (Å²) in [6, 6.07) is 12.3. The van der Waals surface area contributed by atoms with Gasteiger partial charge >= 0.3 is 0 Å². The summed E-state index contributed by atoms with van der Waals surface area (Å²) in [6.07, 6.45) is 3.74. The number of benzene rings is 1. The van der Waals surface area contributed by atoms with Crippen LogP contribution >= 0.6 is 0 Å².